The van der Waals surface area contributed by atoms with Crippen molar-refractivity contribution in [3.63, 3.8) is 0 Å². The SMILES string of the molecule is CCCCOc1cccc([SiH2]C(c2ccccc2)(c2ccccc2)n2ccnc2)c1.[B]C(c1ccccc1)c1ccccc1. The number of rotatable bonds is 11. The molecule has 0 unspecified atom stereocenters. The molecule has 0 bridgehead atoms. The van der Waals surface area contributed by atoms with Crippen molar-refractivity contribution in [2.75, 3.05) is 6.61 Å². The van der Waals surface area contributed by atoms with Gasteiger partial charge in [0.25, 0.3) is 0 Å². The molecule has 0 saturated carbocycles. The number of ether oxygens (including phenoxy) is 1. The van der Waals surface area contributed by atoms with Crippen molar-refractivity contribution in [2.24, 2.45) is 0 Å². The van der Waals surface area contributed by atoms with E-state index in [0.717, 1.165) is 36.3 Å². The van der Waals surface area contributed by atoms with Crippen LogP contribution in [0.4, 0.5) is 0 Å². The van der Waals surface area contributed by atoms with Gasteiger partial charge < -0.3 is 9.30 Å². The molecule has 0 aliphatic carbocycles. The van der Waals surface area contributed by atoms with Crippen LogP contribution in [-0.2, 0) is 5.16 Å². The zero-order valence-corrected chi connectivity index (χ0v) is 26.8. The first kappa shape index (κ1) is 30.8. The first-order valence-electron chi connectivity index (χ1n) is 15.4. The number of aromatic nitrogens is 2. The molecule has 0 aliphatic rings. The second kappa shape index (κ2) is 15.7. The van der Waals surface area contributed by atoms with Crippen molar-refractivity contribution in [3.8, 4) is 5.75 Å². The summed E-state index contributed by atoms with van der Waals surface area (Å²) in [4.78, 5) is 4.41. The Labute approximate surface area is 265 Å². The molecule has 0 N–H and O–H groups in total. The Morgan fingerprint density at radius 1 is 0.727 bits per heavy atom. The molecule has 0 atom stereocenters. The molecule has 5 aromatic carbocycles. The highest BCUT2D eigenvalue weighted by molar-refractivity contribution is 6.57. The van der Waals surface area contributed by atoms with E-state index in [2.05, 4.69) is 132 Å². The summed E-state index contributed by atoms with van der Waals surface area (Å²) in [5, 5.41) is 1.10. The predicted molar refractivity (Wildman–Crippen MR) is 187 cm³/mol. The highest BCUT2D eigenvalue weighted by Crippen LogP contribution is 2.33. The number of benzene rings is 5. The van der Waals surface area contributed by atoms with Gasteiger partial charge in [-0.2, -0.15) is 0 Å². The van der Waals surface area contributed by atoms with E-state index in [1.807, 2.05) is 48.9 Å². The van der Waals surface area contributed by atoms with Gasteiger partial charge in [-0.3, -0.25) is 0 Å². The minimum absolute atomic E-state index is 0.0163. The van der Waals surface area contributed by atoms with Gasteiger partial charge in [-0.25, -0.2) is 4.98 Å². The van der Waals surface area contributed by atoms with Crippen LogP contribution in [0, 0.1) is 0 Å². The maximum atomic E-state index is 6.12. The van der Waals surface area contributed by atoms with Crippen LogP contribution >= 0.6 is 0 Å². The van der Waals surface area contributed by atoms with Gasteiger partial charge in [0.2, 0.25) is 0 Å². The van der Waals surface area contributed by atoms with Gasteiger partial charge >= 0.3 is 0 Å². The zero-order chi connectivity index (χ0) is 30.5. The average molecular weight is 591 g/mol. The van der Waals surface area contributed by atoms with E-state index in [4.69, 9.17) is 12.6 Å². The minimum Gasteiger partial charge on any atom is -0.494 e. The van der Waals surface area contributed by atoms with E-state index in [1.165, 1.54) is 16.3 Å². The van der Waals surface area contributed by atoms with Crippen LogP contribution in [0.25, 0.3) is 0 Å². The molecule has 44 heavy (non-hydrogen) atoms. The molecule has 0 spiro atoms. The van der Waals surface area contributed by atoms with E-state index in [-0.39, 0.29) is 11.0 Å². The fourth-order valence-corrected chi connectivity index (χ4v) is 7.96. The Morgan fingerprint density at radius 2 is 1.27 bits per heavy atom. The predicted octanol–water partition coefficient (Wildman–Crippen LogP) is 7.25. The Kier molecular flexibility index (Phi) is 11.0. The fraction of sp³-hybridized carbons (Fsp3) is 0.154. The molecule has 0 aliphatic heterocycles. The van der Waals surface area contributed by atoms with Crippen molar-refractivity contribution in [3.05, 3.63) is 187 Å². The van der Waals surface area contributed by atoms with Crippen molar-refractivity contribution in [2.45, 2.75) is 30.7 Å². The van der Waals surface area contributed by atoms with Crippen molar-refractivity contribution in [1.29, 1.82) is 0 Å². The molecular weight excluding hydrogens is 551 g/mol. The molecule has 0 saturated heterocycles. The molecule has 3 nitrogen and oxygen atoms in total. The molecule has 2 radical (unpaired) electrons. The Balaban J connectivity index is 0.000000229. The molecule has 218 valence electrons. The van der Waals surface area contributed by atoms with Crippen LogP contribution in [0.5, 0.6) is 5.75 Å². The van der Waals surface area contributed by atoms with Crippen LogP contribution in [0.1, 0.15) is 47.8 Å². The third-order valence-corrected chi connectivity index (χ3v) is 10.4. The van der Waals surface area contributed by atoms with E-state index in [1.54, 1.807) is 0 Å². The van der Waals surface area contributed by atoms with Gasteiger partial charge in [0.05, 0.1) is 35.5 Å². The first-order chi connectivity index (χ1) is 21.7. The zero-order valence-electron chi connectivity index (χ0n) is 25.4. The third-order valence-electron chi connectivity index (χ3n) is 7.89. The monoisotopic (exact) mass is 590 g/mol. The largest absolute Gasteiger partial charge is 0.494 e. The summed E-state index contributed by atoms with van der Waals surface area (Å²) < 4.78 is 8.29. The van der Waals surface area contributed by atoms with Gasteiger partial charge in [0.1, 0.15) is 5.75 Å². The number of hydrogen-bond donors (Lipinski definition) is 0. The Hall–Kier alpha value is -4.61. The normalized spacial score (nSPS) is 11.3. The Bertz CT molecular complexity index is 1570. The van der Waals surface area contributed by atoms with Crippen LogP contribution in [0.2, 0.25) is 0 Å². The molecule has 5 heteroatoms. The second-order valence-electron chi connectivity index (χ2n) is 10.9. The topological polar surface area (TPSA) is 27.1 Å². The lowest BCUT2D eigenvalue weighted by Gasteiger charge is -2.37. The molecule has 1 aromatic heterocycles. The van der Waals surface area contributed by atoms with Crippen molar-refractivity contribution < 1.29 is 4.74 Å². The van der Waals surface area contributed by atoms with Crippen LogP contribution < -0.4 is 9.92 Å². The summed E-state index contributed by atoms with van der Waals surface area (Å²) in [6, 6.07) is 50.6. The number of nitrogens with zero attached hydrogens (tertiary/aromatic N) is 2. The van der Waals surface area contributed by atoms with E-state index < -0.39 is 9.52 Å². The lowest BCUT2D eigenvalue weighted by Crippen LogP contribution is -2.46. The van der Waals surface area contributed by atoms with Gasteiger partial charge in [0.15, 0.2) is 0 Å². The number of hydrogen-bond acceptors (Lipinski definition) is 2. The number of imidazole rings is 1. The van der Waals surface area contributed by atoms with E-state index in [0.29, 0.717) is 0 Å². The van der Waals surface area contributed by atoms with E-state index in [9.17, 15) is 0 Å². The fourth-order valence-electron chi connectivity index (χ4n) is 5.56. The van der Waals surface area contributed by atoms with Gasteiger partial charge in [-0.05, 0) is 46.6 Å². The molecule has 0 fully saturated rings. The summed E-state index contributed by atoms with van der Waals surface area (Å²) in [5.74, 6) is 0.950. The van der Waals surface area contributed by atoms with E-state index >= 15 is 0 Å². The minimum atomic E-state index is -0.877. The summed E-state index contributed by atoms with van der Waals surface area (Å²) in [7, 11) is 5.24. The second-order valence-corrected chi connectivity index (χ2v) is 13.1. The smallest absolute Gasteiger partial charge is 0.119 e. The van der Waals surface area contributed by atoms with Crippen molar-refractivity contribution >= 4 is 22.6 Å². The molecule has 6 aromatic rings. The van der Waals surface area contributed by atoms with Crippen LogP contribution in [0.3, 0.4) is 0 Å². The van der Waals surface area contributed by atoms with Gasteiger partial charge in [-0.15, -0.1) is 0 Å². The molecular formula is C39H39BN2OSi. The van der Waals surface area contributed by atoms with Gasteiger partial charge in [0, 0.05) is 12.4 Å². The summed E-state index contributed by atoms with van der Waals surface area (Å²) in [6.07, 6.45) is 8.14. The Morgan fingerprint density at radius 3 is 1.77 bits per heavy atom. The lowest BCUT2D eigenvalue weighted by molar-refractivity contribution is 0.309. The summed E-state index contributed by atoms with van der Waals surface area (Å²) in [6.45, 7) is 2.96. The number of unbranched alkanes of at least 4 members (excludes halogenated alkanes) is 1. The van der Waals surface area contributed by atoms with Crippen LogP contribution in [-0.4, -0.2) is 33.5 Å². The average Bonchev–Trinajstić information content (AvgIpc) is 3.65. The third kappa shape index (κ3) is 7.66. The summed E-state index contributed by atoms with van der Waals surface area (Å²) >= 11 is 0. The lowest BCUT2D eigenvalue weighted by atomic mass is 9.76. The maximum absolute atomic E-state index is 6.12. The maximum Gasteiger partial charge on any atom is 0.119 e. The first-order valence-corrected chi connectivity index (χ1v) is 16.8. The molecule has 0 amide bonds. The van der Waals surface area contributed by atoms with Gasteiger partial charge in [-0.1, -0.05) is 152 Å². The molecule has 6 rings (SSSR count). The molecule has 1 heterocycles. The van der Waals surface area contributed by atoms with Crippen molar-refractivity contribution in [1.82, 2.24) is 9.55 Å². The summed E-state index contributed by atoms with van der Waals surface area (Å²) in [5.41, 5.74) is 4.88. The standard InChI is InChI=1S/C26H28N2OSi.C13H11B/c1-2-3-19-29-24-15-10-16-25(20-24)30-26(28-18-17-27-21-28,22-11-6-4-7-12-22)23-13-8-5-9-14-23;14-13(11-7-3-1-4-8-11)12-9-5-2-6-10-12/h4-18,20-21H,2-3,19,30H2,1H3;1-10,13H. The highest BCUT2D eigenvalue weighted by Gasteiger charge is 2.36. The quantitative estimate of drug-likeness (QED) is 0.117. The van der Waals surface area contributed by atoms with Crippen LogP contribution in [0.15, 0.2) is 164 Å². The highest BCUT2D eigenvalue weighted by atomic mass is 28.2.